The van der Waals surface area contributed by atoms with Gasteiger partial charge in [-0.3, -0.25) is 5.41 Å². The molecule has 0 saturated heterocycles. The van der Waals surface area contributed by atoms with Crippen molar-refractivity contribution in [1.29, 1.82) is 5.41 Å². The van der Waals surface area contributed by atoms with Crippen LogP contribution < -0.4 is 16.4 Å². The second kappa shape index (κ2) is 11.8. The Bertz CT molecular complexity index is 1880. The second-order valence-corrected chi connectivity index (χ2v) is 13.4. The van der Waals surface area contributed by atoms with E-state index in [0.29, 0.717) is 27.6 Å². The summed E-state index contributed by atoms with van der Waals surface area (Å²) in [5.74, 6) is -0.201. The number of aryl methyl sites for hydroxylation is 1. The lowest BCUT2D eigenvalue weighted by atomic mass is 9.99. The van der Waals surface area contributed by atoms with Crippen LogP contribution in [-0.2, 0) is 16.3 Å². The molecule has 0 aliphatic rings. The van der Waals surface area contributed by atoms with Gasteiger partial charge < -0.3 is 21.4 Å². The van der Waals surface area contributed by atoms with Crippen molar-refractivity contribution in [3.05, 3.63) is 95.0 Å². The number of hydrogen-bond donors (Lipinski definition) is 5. The summed E-state index contributed by atoms with van der Waals surface area (Å²) in [7, 11) is -4.10. The summed E-state index contributed by atoms with van der Waals surface area (Å²) >= 11 is 2.43. The third kappa shape index (κ3) is 5.74. The number of amidine groups is 1. The minimum absolute atomic E-state index is 0.0340. The molecule has 5 rings (SSSR count). The number of benzene rings is 3. The van der Waals surface area contributed by atoms with Gasteiger partial charge in [-0.05, 0) is 54.5 Å². The average Bonchev–Trinajstić information content (AvgIpc) is 3.59. The summed E-state index contributed by atoms with van der Waals surface area (Å²) in [6.07, 6.45) is 4.31. The van der Waals surface area contributed by atoms with Crippen LogP contribution in [0.4, 0.5) is 10.5 Å². The van der Waals surface area contributed by atoms with Crippen molar-refractivity contribution in [2.75, 3.05) is 18.1 Å². The Morgan fingerprint density at radius 2 is 1.76 bits per heavy atom. The molecule has 0 atom stereocenters. The van der Waals surface area contributed by atoms with Gasteiger partial charge in [0.15, 0.2) is 0 Å². The molecule has 11 heteroatoms. The summed E-state index contributed by atoms with van der Waals surface area (Å²) in [6.45, 7) is 2.29. The van der Waals surface area contributed by atoms with Crippen LogP contribution in [0.25, 0.3) is 22.0 Å². The predicted molar refractivity (Wildman–Crippen MR) is 168 cm³/mol. The minimum atomic E-state index is -4.10. The first-order valence-corrected chi connectivity index (χ1v) is 16.3. The molecular formula is C30H29N5O3S3. The number of thioether (sulfide) groups is 1. The van der Waals surface area contributed by atoms with Gasteiger partial charge in [0.1, 0.15) is 5.84 Å². The monoisotopic (exact) mass is 603 g/mol. The smallest absolute Gasteiger partial charge is 0.319 e. The molecule has 0 aliphatic heterocycles. The molecule has 0 radical (unpaired) electrons. The maximum atomic E-state index is 14.1. The van der Waals surface area contributed by atoms with Crippen LogP contribution in [0.1, 0.15) is 16.0 Å². The minimum Gasteiger partial charge on any atom is -0.383 e. The van der Waals surface area contributed by atoms with E-state index < -0.39 is 15.9 Å². The SMILES string of the molecule is CSc1sc(C(=N)N)cc1S(=O)(=O)c1cccc(-c2ccccc2C)c1NC(=O)NCCc1c[nH]c2ccccc12. The van der Waals surface area contributed by atoms with E-state index in [1.54, 1.807) is 18.4 Å². The number of nitrogens with two attached hydrogens (primary N) is 1. The predicted octanol–water partition coefficient (Wildman–Crippen LogP) is 6.41. The van der Waals surface area contributed by atoms with E-state index in [0.717, 1.165) is 38.9 Å². The zero-order valence-corrected chi connectivity index (χ0v) is 24.9. The standard InChI is InChI=1S/C30H29N5O3S3/c1-18-8-3-4-9-20(18)22-11-7-13-25(41(37,38)26-16-24(28(31)32)40-29(26)39-2)27(22)35-30(36)33-15-14-19-17-34-23-12-6-5-10-21(19)23/h3-13,16-17,34H,14-15H2,1-2H3,(H3,31,32)(H2,33,35,36). The van der Waals surface area contributed by atoms with Crippen LogP contribution in [0.2, 0.25) is 0 Å². The highest BCUT2D eigenvalue weighted by atomic mass is 32.2. The number of aromatic amines is 1. The lowest BCUT2D eigenvalue weighted by Gasteiger charge is -2.18. The number of rotatable bonds is 9. The number of amides is 2. The van der Waals surface area contributed by atoms with Crippen molar-refractivity contribution in [2.24, 2.45) is 5.73 Å². The molecule has 0 fully saturated rings. The Balaban J connectivity index is 1.50. The number of nitrogen functional groups attached to an aromatic ring is 1. The van der Waals surface area contributed by atoms with Crippen molar-refractivity contribution in [3.8, 4) is 11.1 Å². The molecule has 2 amide bonds. The van der Waals surface area contributed by atoms with E-state index in [9.17, 15) is 13.2 Å². The van der Waals surface area contributed by atoms with Crippen LogP contribution in [-0.4, -0.2) is 38.1 Å². The van der Waals surface area contributed by atoms with E-state index in [1.165, 1.54) is 23.9 Å². The van der Waals surface area contributed by atoms with Gasteiger partial charge in [0.25, 0.3) is 0 Å². The van der Waals surface area contributed by atoms with E-state index in [2.05, 4.69) is 15.6 Å². The van der Waals surface area contributed by atoms with Gasteiger partial charge >= 0.3 is 6.03 Å². The maximum absolute atomic E-state index is 14.1. The first kappa shape index (κ1) is 28.5. The molecule has 210 valence electrons. The fourth-order valence-corrected chi connectivity index (χ4v) is 8.76. The Morgan fingerprint density at radius 3 is 2.51 bits per heavy atom. The van der Waals surface area contributed by atoms with E-state index in [4.69, 9.17) is 11.1 Å². The molecule has 41 heavy (non-hydrogen) atoms. The first-order valence-electron chi connectivity index (χ1n) is 12.8. The van der Waals surface area contributed by atoms with Crippen molar-refractivity contribution in [1.82, 2.24) is 10.3 Å². The van der Waals surface area contributed by atoms with Crippen LogP contribution in [0.5, 0.6) is 0 Å². The summed E-state index contributed by atoms with van der Waals surface area (Å²) < 4.78 is 28.8. The Kier molecular flexibility index (Phi) is 8.20. The fraction of sp³-hybridized carbons (Fsp3) is 0.133. The van der Waals surface area contributed by atoms with Gasteiger partial charge in [-0.15, -0.1) is 23.1 Å². The molecule has 6 N–H and O–H groups in total. The number of H-pyrrole nitrogens is 1. The molecule has 0 aliphatic carbocycles. The third-order valence-electron chi connectivity index (χ3n) is 6.75. The molecule has 0 spiro atoms. The first-order chi connectivity index (χ1) is 19.7. The lowest BCUT2D eigenvalue weighted by Crippen LogP contribution is -2.31. The van der Waals surface area contributed by atoms with Gasteiger partial charge in [-0.25, -0.2) is 13.2 Å². The van der Waals surface area contributed by atoms with Gasteiger partial charge in [0.05, 0.1) is 24.6 Å². The molecule has 2 aromatic heterocycles. The molecule has 3 aromatic carbocycles. The summed E-state index contributed by atoms with van der Waals surface area (Å²) in [6, 6.07) is 21.5. The van der Waals surface area contributed by atoms with E-state index in [1.807, 2.05) is 61.7 Å². The fourth-order valence-electron chi connectivity index (χ4n) is 4.73. The van der Waals surface area contributed by atoms with Gasteiger partial charge in [-0.2, -0.15) is 0 Å². The molecule has 8 nitrogen and oxygen atoms in total. The number of sulfone groups is 1. The highest BCUT2D eigenvalue weighted by molar-refractivity contribution is 8.01. The van der Waals surface area contributed by atoms with Crippen molar-refractivity contribution < 1.29 is 13.2 Å². The normalized spacial score (nSPS) is 11.5. The molecule has 0 saturated carbocycles. The zero-order valence-electron chi connectivity index (χ0n) is 22.4. The number of aromatic nitrogens is 1. The zero-order chi connectivity index (χ0) is 29.1. The van der Waals surface area contributed by atoms with E-state index in [-0.39, 0.29) is 21.3 Å². The molecule has 2 heterocycles. The molecular weight excluding hydrogens is 575 g/mol. The molecule has 0 unspecified atom stereocenters. The van der Waals surface area contributed by atoms with Gasteiger partial charge in [0.2, 0.25) is 9.84 Å². The number of nitrogens with one attached hydrogen (secondary N) is 4. The summed E-state index contributed by atoms with van der Waals surface area (Å²) in [5, 5.41) is 14.6. The van der Waals surface area contributed by atoms with Gasteiger partial charge in [0, 0.05) is 29.2 Å². The Hall–Kier alpha value is -4.06. The van der Waals surface area contributed by atoms with Crippen LogP contribution in [0.15, 0.2) is 93.0 Å². The van der Waals surface area contributed by atoms with Crippen molar-refractivity contribution in [2.45, 2.75) is 27.3 Å². The second-order valence-electron chi connectivity index (χ2n) is 9.37. The lowest BCUT2D eigenvalue weighted by molar-refractivity contribution is 0.252. The number of thiophene rings is 1. The number of carbonyl (C=O) groups is 1. The third-order valence-corrected chi connectivity index (χ3v) is 11.1. The van der Waals surface area contributed by atoms with E-state index >= 15 is 0 Å². The largest absolute Gasteiger partial charge is 0.383 e. The van der Waals surface area contributed by atoms with Crippen molar-refractivity contribution in [3.63, 3.8) is 0 Å². The Labute approximate surface area is 246 Å². The highest BCUT2D eigenvalue weighted by Gasteiger charge is 2.29. The van der Waals surface area contributed by atoms with Crippen LogP contribution in [0, 0.1) is 12.3 Å². The van der Waals surface area contributed by atoms with Crippen LogP contribution in [0.3, 0.4) is 0 Å². The van der Waals surface area contributed by atoms with Crippen molar-refractivity contribution >= 4 is 61.4 Å². The number of para-hydroxylation sites is 2. The summed E-state index contributed by atoms with van der Waals surface area (Å²) in [5.41, 5.74) is 10.3. The summed E-state index contributed by atoms with van der Waals surface area (Å²) in [4.78, 5) is 16.9. The van der Waals surface area contributed by atoms with Gasteiger partial charge in [-0.1, -0.05) is 54.6 Å². The quantitative estimate of drug-likeness (QED) is 0.0752. The van der Waals surface area contributed by atoms with Crippen LogP contribution >= 0.6 is 23.1 Å². The molecule has 0 bridgehead atoms. The molecule has 5 aromatic rings. The highest BCUT2D eigenvalue weighted by Crippen LogP contribution is 2.42. The number of carbonyl (C=O) groups excluding carboxylic acids is 1. The maximum Gasteiger partial charge on any atom is 0.319 e. The average molecular weight is 604 g/mol. The number of fused-ring (bicyclic) bond motifs is 1. The number of urea groups is 1. The topological polar surface area (TPSA) is 141 Å². The Morgan fingerprint density at radius 1 is 1.02 bits per heavy atom. The number of anilines is 1. The number of hydrogen-bond acceptors (Lipinski definition) is 6.